The van der Waals surface area contributed by atoms with E-state index in [0.717, 1.165) is 73.2 Å². The molecule has 0 bridgehead atoms. The summed E-state index contributed by atoms with van der Waals surface area (Å²) >= 11 is 10.6. The van der Waals surface area contributed by atoms with Crippen molar-refractivity contribution in [2.75, 3.05) is 0 Å². The van der Waals surface area contributed by atoms with Gasteiger partial charge in [-0.1, -0.05) is 140 Å². The third-order valence-corrected chi connectivity index (χ3v) is 11.2. The van der Waals surface area contributed by atoms with Gasteiger partial charge in [0, 0.05) is 27.6 Å². The number of hydrogen-bond donors (Lipinski definition) is 1. The van der Waals surface area contributed by atoms with Crippen molar-refractivity contribution in [1.82, 2.24) is 29.8 Å². The number of halogens is 2. The quantitative estimate of drug-likeness (QED) is 0.115. The van der Waals surface area contributed by atoms with E-state index in [1.807, 2.05) is 89.5 Å². The molecule has 6 aromatic rings. The molecule has 0 fully saturated rings. The molecule has 2 aromatic heterocycles. The van der Waals surface area contributed by atoms with Crippen molar-refractivity contribution in [1.29, 1.82) is 0 Å². The fourth-order valence-electron chi connectivity index (χ4n) is 7.58. The Hall–Kier alpha value is -5.84. The number of benzene rings is 4. The van der Waals surface area contributed by atoms with Gasteiger partial charge in [0.25, 0.3) is 0 Å². The van der Waals surface area contributed by atoms with Crippen molar-refractivity contribution in [3.05, 3.63) is 177 Å². The number of unbranched alkanes of at least 4 members (excludes halogenated alkanes) is 1. The molecule has 9 nitrogen and oxygen atoms in total. The minimum Gasteiger partial charge on any atom is -0.481 e. The molecular weight excluding hydrogens is 776 g/mol. The van der Waals surface area contributed by atoms with Crippen LogP contribution in [0.1, 0.15) is 53.5 Å². The van der Waals surface area contributed by atoms with Gasteiger partial charge in [0.1, 0.15) is 5.82 Å². The van der Waals surface area contributed by atoms with Crippen LogP contribution >= 0.6 is 27.5 Å². The number of carboxylic acid groups (broad SMARTS) is 1. The fourth-order valence-corrected chi connectivity index (χ4v) is 8.61. The normalized spacial score (nSPS) is 11.7. The van der Waals surface area contributed by atoms with Crippen molar-refractivity contribution in [2.45, 2.75) is 44.7 Å². The first kappa shape index (κ1) is 36.2. The maximum Gasteiger partial charge on any atom is 0.309 e. The van der Waals surface area contributed by atoms with Crippen LogP contribution in [0, 0.1) is 0 Å². The average Bonchev–Trinajstić information content (AvgIpc) is 3.90. The van der Waals surface area contributed by atoms with Gasteiger partial charge >= 0.3 is 5.97 Å². The zero-order valence-corrected chi connectivity index (χ0v) is 32.3. The van der Waals surface area contributed by atoms with Gasteiger partial charge in [-0.3, -0.25) is 4.79 Å². The van der Waals surface area contributed by atoms with E-state index >= 15 is 0 Å². The van der Waals surface area contributed by atoms with Crippen molar-refractivity contribution in [3.63, 3.8) is 0 Å². The highest BCUT2D eigenvalue weighted by Crippen LogP contribution is 2.49. The summed E-state index contributed by atoms with van der Waals surface area (Å²) in [7, 11) is 0. The third-order valence-electron chi connectivity index (χ3n) is 10.1. The highest BCUT2D eigenvalue weighted by molar-refractivity contribution is 9.10. The highest BCUT2D eigenvalue weighted by Gasteiger charge is 2.41. The smallest absolute Gasteiger partial charge is 0.309 e. The molecule has 1 aliphatic carbocycles. The van der Waals surface area contributed by atoms with E-state index in [1.165, 1.54) is 0 Å². The topological polar surface area (TPSA) is 112 Å². The van der Waals surface area contributed by atoms with Crippen molar-refractivity contribution in [2.24, 2.45) is 0 Å². The third kappa shape index (κ3) is 6.55. The number of carbonyl (C=O) groups is 1. The van der Waals surface area contributed by atoms with Gasteiger partial charge in [-0.15, -0.1) is 15.0 Å². The van der Waals surface area contributed by atoms with Gasteiger partial charge in [-0.05, 0) is 67.0 Å². The van der Waals surface area contributed by atoms with Crippen molar-refractivity contribution in [3.8, 4) is 33.6 Å². The van der Waals surface area contributed by atoms with E-state index in [1.54, 1.807) is 17.3 Å². The molecule has 0 spiro atoms. The summed E-state index contributed by atoms with van der Waals surface area (Å²) in [5.74, 6) is 0.211. The molecule has 1 aliphatic heterocycles. The second-order valence-corrected chi connectivity index (χ2v) is 14.5. The minimum atomic E-state index is -0.977. The van der Waals surface area contributed by atoms with Crippen molar-refractivity contribution >= 4 is 33.5 Å². The Kier molecular flexibility index (Phi) is 10.2. The zero-order valence-electron chi connectivity index (χ0n) is 29.9. The molecule has 0 radical (unpaired) electrons. The number of imidazole rings is 1. The number of carboxylic acids is 1. The minimum absolute atomic E-state index is 0.208. The molecule has 0 atom stereocenters. The lowest BCUT2D eigenvalue weighted by Gasteiger charge is -2.34. The highest BCUT2D eigenvalue weighted by atomic mass is 79.9. The van der Waals surface area contributed by atoms with Crippen LogP contribution in [0.25, 0.3) is 33.6 Å². The zero-order chi connectivity index (χ0) is 37.9. The lowest BCUT2D eigenvalue weighted by atomic mass is 9.77. The summed E-state index contributed by atoms with van der Waals surface area (Å²) in [6.07, 6.45) is 5.62. The Labute approximate surface area is 331 Å². The maximum absolute atomic E-state index is 12.1. The molecule has 55 heavy (non-hydrogen) atoms. The Balaban J connectivity index is 1.33. The second kappa shape index (κ2) is 15.5. The maximum atomic E-state index is 12.1. The molecule has 274 valence electrons. The predicted molar refractivity (Wildman–Crippen MR) is 216 cm³/mol. The molecular formula is C44H36BrClN6O3. The van der Waals surface area contributed by atoms with E-state index in [2.05, 4.69) is 64.2 Å². The van der Waals surface area contributed by atoms with Gasteiger partial charge < -0.3 is 14.1 Å². The van der Waals surface area contributed by atoms with Gasteiger partial charge in [-0.2, -0.15) is 0 Å². The SMILES string of the molecule is CCCCc1nc(Cl)c(CC(=O)O)n1Cc1c2ccocc-2c(Br)c1-c1ccccc1-c1nnn(C(c2ccccc2)(c2ccccc2)c2ccccc2)n1. The molecule has 0 amide bonds. The van der Waals surface area contributed by atoms with Crippen LogP contribution in [0.5, 0.6) is 0 Å². The van der Waals surface area contributed by atoms with Gasteiger partial charge in [0.05, 0.1) is 31.2 Å². The summed E-state index contributed by atoms with van der Waals surface area (Å²) in [5, 5.41) is 24.9. The number of rotatable bonds is 13. The van der Waals surface area contributed by atoms with E-state index in [0.29, 0.717) is 24.5 Å². The second-order valence-electron chi connectivity index (χ2n) is 13.3. The van der Waals surface area contributed by atoms with E-state index in [9.17, 15) is 9.90 Å². The van der Waals surface area contributed by atoms with E-state index in [4.69, 9.17) is 31.4 Å². The lowest BCUT2D eigenvalue weighted by Crippen LogP contribution is -2.39. The average molecular weight is 812 g/mol. The Morgan fingerprint density at radius 2 is 1.42 bits per heavy atom. The molecule has 8 rings (SSSR count). The summed E-state index contributed by atoms with van der Waals surface area (Å²) in [6, 6.07) is 40.7. The Morgan fingerprint density at radius 1 is 0.818 bits per heavy atom. The first-order chi connectivity index (χ1) is 26.9. The first-order valence-corrected chi connectivity index (χ1v) is 19.3. The summed E-state index contributed by atoms with van der Waals surface area (Å²) < 4.78 is 8.47. The fraction of sp³-hybridized carbons (Fsp3) is 0.159. The number of aromatic nitrogens is 6. The number of hydrogen-bond acceptors (Lipinski definition) is 6. The van der Waals surface area contributed by atoms with Crippen LogP contribution in [0.3, 0.4) is 0 Å². The molecule has 0 saturated heterocycles. The molecule has 3 heterocycles. The predicted octanol–water partition coefficient (Wildman–Crippen LogP) is 10.2. The Morgan fingerprint density at radius 3 is 2.02 bits per heavy atom. The molecule has 4 aromatic carbocycles. The number of aryl methyl sites for hydroxylation is 1. The van der Waals surface area contributed by atoms with Crippen LogP contribution in [0.2, 0.25) is 5.15 Å². The van der Waals surface area contributed by atoms with Gasteiger partial charge in [0.2, 0.25) is 5.82 Å². The summed E-state index contributed by atoms with van der Waals surface area (Å²) in [6.45, 7) is 2.44. The Bertz CT molecular complexity index is 2450. The van der Waals surface area contributed by atoms with Crippen LogP contribution < -0.4 is 0 Å². The largest absolute Gasteiger partial charge is 0.481 e. The lowest BCUT2D eigenvalue weighted by molar-refractivity contribution is -0.136. The molecule has 1 N–H and O–H groups in total. The van der Waals surface area contributed by atoms with Crippen molar-refractivity contribution < 1.29 is 14.3 Å². The number of aliphatic carboxylic acids is 1. The van der Waals surface area contributed by atoms with E-state index < -0.39 is 11.5 Å². The van der Waals surface area contributed by atoms with Crippen LogP contribution in [0.15, 0.2) is 143 Å². The molecule has 0 saturated carbocycles. The standard InChI is InChI=1S/C44H36BrClN6O3/c1-2-3-23-38-47-42(46)37(26-39(53)54)51(38)27-35-32-24-25-55-28-36(32)41(45)40(35)33-21-13-14-22-34(33)43-48-50-52(49-43)44(29-15-7-4-8-16-29,30-17-9-5-10-18-30)31-19-11-6-12-20-31/h4-22,24-25,28H,2-3,23,26-27H2,1H3,(H,53,54). The summed E-state index contributed by atoms with van der Waals surface area (Å²) in [4.78, 5) is 18.4. The number of nitrogens with zero attached hydrogens (tertiary/aromatic N) is 6. The number of tetrazole rings is 1. The van der Waals surface area contributed by atoms with Crippen LogP contribution in [0.4, 0.5) is 0 Å². The first-order valence-electron chi connectivity index (χ1n) is 18.1. The van der Waals surface area contributed by atoms with E-state index in [-0.39, 0.29) is 11.6 Å². The molecule has 0 unspecified atom stereocenters. The van der Waals surface area contributed by atoms with Gasteiger partial charge in [0.15, 0.2) is 10.7 Å². The monoisotopic (exact) mass is 810 g/mol. The molecule has 11 heteroatoms. The summed E-state index contributed by atoms with van der Waals surface area (Å²) in [5.41, 5.74) is 7.77. The van der Waals surface area contributed by atoms with Crippen LogP contribution in [-0.4, -0.2) is 40.8 Å². The molecule has 2 aliphatic rings. The van der Waals surface area contributed by atoms with Crippen LogP contribution in [-0.2, 0) is 29.7 Å². The van der Waals surface area contributed by atoms with Gasteiger partial charge in [-0.25, -0.2) is 4.98 Å². The number of fused-ring (bicyclic) bond motifs is 1.